The number of benzene rings is 2. The number of para-hydroxylation sites is 1. The van der Waals surface area contributed by atoms with Gasteiger partial charge in [-0.05, 0) is 29.7 Å². The zero-order valence-corrected chi connectivity index (χ0v) is 13.1. The van der Waals surface area contributed by atoms with Crippen LogP contribution in [0.25, 0.3) is 0 Å². The summed E-state index contributed by atoms with van der Waals surface area (Å²) in [6.07, 6.45) is 0.839. The SMILES string of the molecule is O=C(C1Cc2ccccc2S1)N1CCNCc2ccccc21. The van der Waals surface area contributed by atoms with E-state index in [1.54, 1.807) is 11.8 Å². The van der Waals surface area contributed by atoms with Gasteiger partial charge in [0.1, 0.15) is 0 Å². The van der Waals surface area contributed by atoms with E-state index in [1.165, 1.54) is 16.0 Å². The summed E-state index contributed by atoms with van der Waals surface area (Å²) in [4.78, 5) is 16.3. The van der Waals surface area contributed by atoms with Gasteiger partial charge in [-0.2, -0.15) is 0 Å². The minimum atomic E-state index is 0.00329. The normalized spacial score (nSPS) is 20.2. The Balaban J connectivity index is 1.61. The largest absolute Gasteiger partial charge is 0.311 e. The predicted molar refractivity (Wildman–Crippen MR) is 90.3 cm³/mol. The van der Waals surface area contributed by atoms with Crippen LogP contribution in [-0.2, 0) is 17.8 Å². The lowest BCUT2D eigenvalue weighted by atomic mass is 10.1. The van der Waals surface area contributed by atoms with Crippen LogP contribution in [0, 0.1) is 0 Å². The molecule has 0 bridgehead atoms. The summed E-state index contributed by atoms with van der Waals surface area (Å²) in [7, 11) is 0. The van der Waals surface area contributed by atoms with E-state index in [4.69, 9.17) is 0 Å². The molecular formula is C18H18N2OS. The molecule has 0 saturated carbocycles. The quantitative estimate of drug-likeness (QED) is 0.879. The van der Waals surface area contributed by atoms with Crippen LogP contribution in [-0.4, -0.2) is 24.2 Å². The van der Waals surface area contributed by atoms with Crippen molar-refractivity contribution in [2.45, 2.75) is 23.1 Å². The second-order valence-corrected chi connectivity index (χ2v) is 6.96. The lowest BCUT2D eigenvalue weighted by Gasteiger charge is -2.25. The van der Waals surface area contributed by atoms with E-state index in [-0.39, 0.29) is 11.2 Å². The first-order valence-electron chi connectivity index (χ1n) is 7.67. The summed E-state index contributed by atoms with van der Waals surface area (Å²) < 4.78 is 0. The fourth-order valence-electron chi connectivity index (χ4n) is 3.18. The Hall–Kier alpha value is -1.78. The topological polar surface area (TPSA) is 32.3 Å². The Morgan fingerprint density at radius 1 is 1.09 bits per heavy atom. The molecule has 2 aliphatic heterocycles. The van der Waals surface area contributed by atoms with E-state index in [0.717, 1.165) is 31.7 Å². The molecule has 2 heterocycles. The Morgan fingerprint density at radius 2 is 1.86 bits per heavy atom. The summed E-state index contributed by atoms with van der Waals surface area (Å²) in [5.41, 5.74) is 3.56. The first kappa shape index (κ1) is 13.9. The maximum absolute atomic E-state index is 13.1. The van der Waals surface area contributed by atoms with Gasteiger partial charge in [0.15, 0.2) is 0 Å². The average Bonchev–Trinajstić information content (AvgIpc) is 2.87. The van der Waals surface area contributed by atoms with Gasteiger partial charge in [-0.15, -0.1) is 11.8 Å². The molecule has 0 aliphatic carbocycles. The molecule has 1 N–H and O–H groups in total. The van der Waals surface area contributed by atoms with Gasteiger partial charge in [0.2, 0.25) is 5.91 Å². The summed E-state index contributed by atoms with van der Waals surface area (Å²) in [6.45, 7) is 2.41. The number of thioether (sulfide) groups is 1. The van der Waals surface area contributed by atoms with Crippen LogP contribution < -0.4 is 10.2 Å². The van der Waals surface area contributed by atoms with Crippen molar-refractivity contribution in [2.75, 3.05) is 18.0 Å². The third-order valence-corrected chi connectivity index (χ3v) is 5.60. The maximum atomic E-state index is 13.1. The Labute approximate surface area is 134 Å². The van der Waals surface area contributed by atoms with E-state index in [2.05, 4.69) is 35.6 Å². The van der Waals surface area contributed by atoms with Crippen molar-refractivity contribution >= 4 is 23.4 Å². The second-order valence-electron chi connectivity index (χ2n) is 5.71. The van der Waals surface area contributed by atoms with Crippen LogP contribution >= 0.6 is 11.8 Å². The van der Waals surface area contributed by atoms with E-state index in [9.17, 15) is 4.79 Å². The molecule has 4 rings (SSSR count). The van der Waals surface area contributed by atoms with Gasteiger partial charge in [0.05, 0.1) is 5.25 Å². The highest BCUT2D eigenvalue weighted by atomic mass is 32.2. The summed E-state index contributed by atoms with van der Waals surface area (Å²) in [5.74, 6) is 0.234. The van der Waals surface area contributed by atoms with Crippen LogP contribution in [0.2, 0.25) is 0 Å². The number of rotatable bonds is 1. The standard InChI is InChI=1S/C18H18N2OS/c21-18(17-11-13-5-2-4-8-16(13)22-17)20-10-9-19-12-14-6-1-3-7-15(14)20/h1-8,17,19H,9-12H2. The molecule has 2 aromatic rings. The van der Waals surface area contributed by atoms with E-state index >= 15 is 0 Å². The van der Waals surface area contributed by atoms with E-state index < -0.39 is 0 Å². The van der Waals surface area contributed by atoms with Crippen molar-refractivity contribution in [1.82, 2.24) is 5.32 Å². The number of carbonyl (C=O) groups is 1. The smallest absolute Gasteiger partial charge is 0.240 e. The number of nitrogens with zero attached hydrogens (tertiary/aromatic N) is 1. The van der Waals surface area contributed by atoms with Gasteiger partial charge in [0, 0.05) is 30.2 Å². The Bertz CT molecular complexity index is 691. The van der Waals surface area contributed by atoms with Crippen LogP contribution in [0.1, 0.15) is 11.1 Å². The molecule has 4 heteroatoms. The van der Waals surface area contributed by atoms with Crippen molar-refractivity contribution < 1.29 is 4.79 Å². The van der Waals surface area contributed by atoms with Crippen LogP contribution in [0.15, 0.2) is 53.4 Å². The fraction of sp³-hybridized carbons (Fsp3) is 0.278. The Kier molecular flexibility index (Phi) is 3.64. The monoisotopic (exact) mass is 310 g/mol. The van der Waals surface area contributed by atoms with Crippen molar-refractivity contribution in [3.8, 4) is 0 Å². The van der Waals surface area contributed by atoms with Crippen molar-refractivity contribution in [2.24, 2.45) is 0 Å². The molecule has 1 unspecified atom stereocenters. The minimum Gasteiger partial charge on any atom is -0.311 e. The molecule has 22 heavy (non-hydrogen) atoms. The zero-order chi connectivity index (χ0) is 14.9. The number of anilines is 1. The van der Waals surface area contributed by atoms with Gasteiger partial charge in [-0.1, -0.05) is 36.4 Å². The lowest BCUT2D eigenvalue weighted by molar-refractivity contribution is -0.118. The van der Waals surface area contributed by atoms with Crippen LogP contribution in [0.4, 0.5) is 5.69 Å². The fourth-order valence-corrected chi connectivity index (χ4v) is 4.44. The van der Waals surface area contributed by atoms with Crippen molar-refractivity contribution in [1.29, 1.82) is 0 Å². The zero-order valence-electron chi connectivity index (χ0n) is 12.3. The van der Waals surface area contributed by atoms with Gasteiger partial charge >= 0.3 is 0 Å². The number of amides is 1. The van der Waals surface area contributed by atoms with Crippen LogP contribution in [0.5, 0.6) is 0 Å². The maximum Gasteiger partial charge on any atom is 0.240 e. The molecule has 1 amide bonds. The molecule has 0 spiro atoms. The molecule has 0 radical (unpaired) electrons. The van der Waals surface area contributed by atoms with Gasteiger partial charge < -0.3 is 10.2 Å². The van der Waals surface area contributed by atoms with Crippen molar-refractivity contribution in [3.63, 3.8) is 0 Å². The molecule has 0 aromatic heterocycles. The molecule has 2 aliphatic rings. The minimum absolute atomic E-state index is 0.00329. The number of nitrogens with one attached hydrogen (secondary N) is 1. The van der Waals surface area contributed by atoms with Crippen LogP contribution in [0.3, 0.4) is 0 Å². The number of hydrogen-bond acceptors (Lipinski definition) is 3. The molecule has 2 aromatic carbocycles. The molecule has 0 saturated heterocycles. The third kappa shape index (κ3) is 2.42. The number of hydrogen-bond donors (Lipinski definition) is 1. The van der Waals surface area contributed by atoms with Crippen molar-refractivity contribution in [3.05, 3.63) is 59.7 Å². The highest BCUT2D eigenvalue weighted by Crippen LogP contribution is 2.38. The van der Waals surface area contributed by atoms with E-state index in [1.807, 2.05) is 23.1 Å². The molecule has 112 valence electrons. The van der Waals surface area contributed by atoms with E-state index in [0.29, 0.717) is 0 Å². The second kappa shape index (κ2) is 5.78. The first-order valence-corrected chi connectivity index (χ1v) is 8.55. The number of fused-ring (bicyclic) bond motifs is 2. The van der Waals surface area contributed by atoms with Gasteiger partial charge in [-0.3, -0.25) is 4.79 Å². The highest BCUT2D eigenvalue weighted by molar-refractivity contribution is 8.01. The third-order valence-electron chi connectivity index (χ3n) is 4.30. The van der Waals surface area contributed by atoms with Gasteiger partial charge in [0.25, 0.3) is 0 Å². The highest BCUT2D eigenvalue weighted by Gasteiger charge is 2.33. The number of carbonyl (C=O) groups excluding carboxylic acids is 1. The summed E-state index contributed by atoms with van der Waals surface area (Å²) in [5, 5.41) is 3.40. The lowest BCUT2D eigenvalue weighted by Crippen LogP contribution is -2.40. The summed E-state index contributed by atoms with van der Waals surface area (Å²) in [6, 6.07) is 16.6. The molecule has 3 nitrogen and oxygen atoms in total. The molecule has 1 atom stereocenters. The van der Waals surface area contributed by atoms with Gasteiger partial charge in [-0.25, -0.2) is 0 Å². The first-order chi connectivity index (χ1) is 10.8. The predicted octanol–water partition coefficient (Wildman–Crippen LogP) is 2.84. The summed E-state index contributed by atoms with van der Waals surface area (Å²) >= 11 is 1.71. The molecule has 0 fully saturated rings. The molecular weight excluding hydrogens is 292 g/mol. The average molecular weight is 310 g/mol. The Morgan fingerprint density at radius 3 is 2.73 bits per heavy atom.